The number of amides is 1. The second-order valence-corrected chi connectivity index (χ2v) is 5.71. The van der Waals surface area contributed by atoms with Crippen molar-refractivity contribution in [3.63, 3.8) is 0 Å². The van der Waals surface area contributed by atoms with Gasteiger partial charge in [0.1, 0.15) is 17.7 Å². The molecule has 1 aromatic heterocycles. The molecule has 0 aliphatic heterocycles. The maximum atomic E-state index is 12.1. The van der Waals surface area contributed by atoms with Gasteiger partial charge in [0.25, 0.3) is 11.6 Å². The molecule has 0 aliphatic rings. The molecular formula is C20H16N4O5. The van der Waals surface area contributed by atoms with Crippen molar-refractivity contribution >= 4 is 17.8 Å². The van der Waals surface area contributed by atoms with Crippen molar-refractivity contribution in [1.29, 1.82) is 0 Å². The van der Waals surface area contributed by atoms with Crippen LogP contribution in [0.5, 0.6) is 17.4 Å². The Balaban J connectivity index is 1.57. The van der Waals surface area contributed by atoms with E-state index in [1.54, 1.807) is 48.5 Å². The van der Waals surface area contributed by atoms with E-state index in [-0.39, 0.29) is 17.5 Å². The predicted octanol–water partition coefficient (Wildman–Crippen LogP) is 3.55. The normalized spacial score (nSPS) is 10.5. The summed E-state index contributed by atoms with van der Waals surface area (Å²) in [5.74, 6) is 0.968. The summed E-state index contributed by atoms with van der Waals surface area (Å²) in [5, 5.41) is 14.6. The van der Waals surface area contributed by atoms with Crippen LogP contribution in [-0.2, 0) is 0 Å². The number of carbonyl (C=O) groups is 1. The highest BCUT2D eigenvalue weighted by molar-refractivity contribution is 5.95. The number of carbonyl (C=O) groups excluding carboxylic acids is 1. The molecule has 2 aromatic carbocycles. The zero-order valence-corrected chi connectivity index (χ0v) is 15.3. The molecule has 0 aliphatic carbocycles. The Labute approximate surface area is 165 Å². The number of nitrogens with one attached hydrogen (secondary N) is 1. The quantitative estimate of drug-likeness (QED) is 0.373. The van der Waals surface area contributed by atoms with Gasteiger partial charge in [0.2, 0.25) is 5.88 Å². The van der Waals surface area contributed by atoms with Gasteiger partial charge in [-0.2, -0.15) is 5.10 Å². The van der Waals surface area contributed by atoms with Crippen molar-refractivity contribution < 1.29 is 19.2 Å². The van der Waals surface area contributed by atoms with Gasteiger partial charge in [0.15, 0.2) is 0 Å². The molecule has 9 heteroatoms. The first-order chi connectivity index (χ1) is 14.0. The third-order valence-corrected chi connectivity index (χ3v) is 3.75. The van der Waals surface area contributed by atoms with E-state index in [1.165, 1.54) is 25.5 Å². The van der Waals surface area contributed by atoms with Gasteiger partial charge in [-0.05, 0) is 48.0 Å². The van der Waals surface area contributed by atoms with E-state index < -0.39 is 4.92 Å². The summed E-state index contributed by atoms with van der Waals surface area (Å²) in [5.41, 5.74) is 3.50. The average molecular weight is 392 g/mol. The number of benzene rings is 2. The molecule has 0 saturated carbocycles. The van der Waals surface area contributed by atoms with E-state index in [0.717, 1.165) is 11.8 Å². The number of hydrogen-bond acceptors (Lipinski definition) is 7. The Kier molecular flexibility index (Phi) is 6.11. The Morgan fingerprint density at radius 3 is 2.59 bits per heavy atom. The largest absolute Gasteiger partial charge is 0.497 e. The molecule has 9 nitrogen and oxygen atoms in total. The lowest BCUT2D eigenvalue weighted by atomic mass is 10.2. The third-order valence-electron chi connectivity index (χ3n) is 3.75. The zero-order valence-electron chi connectivity index (χ0n) is 15.3. The number of rotatable bonds is 7. The van der Waals surface area contributed by atoms with Crippen molar-refractivity contribution in [3.8, 4) is 17.4 Å². The maximum absolute atomic E-state index is 12.1. The van der Waals surface area contributed by atoms with Gasteiger partial charge in [-0.25, -0.2) is 10.4 Å². The van der Waals surface area contributed by atoms with Crippen LogP contribution in [0.25, 0.3) is 0 Å². The highest BCUT2D eigenvalue weighted by Gasteiger charge is 2.07. The van der Waals surface area contributed by atoms with E-state index in [2.05, 4.69) is 15.5 Å². The molecule has 0 atom stereocenters. The zero-order chi connectivity index (χ0) is 20.6. The van der Waals surface area contributed by atoms with Gasteiger partial charge in [-0.15, -0.1) is 0 Å². The summed E-state index contributed by atoms with van der Waals surface area (Å²) in [6, 6.07) is 16.3. The van der Waals surface area contributed by atoms with Crippen LogP contribution in [0.4, 0.5) is 5.69 Å². The molecule has 1 amide bonds. The molecule has 0 saturated heterocycles. The lowest BCUT2D eigenvalue weighted by Crippen LogP contribution is -2.17. The Hall–Kier alpha value is -4.27. The van der Waals surface area contributed by atoms with Gasteiger partial charge in [-0.3, -0.25) is 14.9 Å². The summed E-state index contributed by atoms with van der Waals surface area (Å²) >= 11 is 0. The summed E-state index contributed by atoms with van der Waals surface area (Å²) in [6.45, 7) is 0. The van der Waals surface area contributed by atoms with Crippen LogP contribution >= 0.6 is 0 Å². The predicted molar refractivity (Wildman–Crippen MR) is 105 cm³/mol. The van der Waals surface area contributed by atoms with Crippen LogP contribution in [0.15, 0.2) is 72.0 Å². The van der Waals surface area contributed by atoms with E-state index in [0.29, 0.717) is 17.1 Å². The molecule has 3 rings (SSSR count). The minimum absolute atomic E-state index is 0.111. The number of aromatic nitrogens is 1. The minimum atomic E-state index is -0.530. The molecule has 0 spiro atoms. The molecule has 146 valence electrons. The first-order valence-electron chi connectivity index (χ1n) is 8.41. The molecule has 29 heavy (non-hydrogen) atoms. The Morgan fingerprint density at radius 1 is 1.14 bits per heavy atom. The van der Waals surface area contributed by atoms with Crippen molar-refractivity contribution in [1.82, 2.24) is 10.4 Å². The van der Waals surface area contributed by atoms with Gasteiger partial charge in [0, 0.05) is 17.7 Å². The summed E-state index contributed by atoms with van der Waals surface area (Å²) in [6.07, 6.45) is 2.62. The fourth-order valence-corrected chi connectivity index (χ4v) is 2.28. The number of hydrogen-bond donors (Lipinski definition) is 1. The van der Waals surface area contributed by atoms with Gasteiger partial charge >= 0.3 is 0 Å². The van der Waals surface area contributed by atoms with Crippen molar-refractivity contribution in [2.24, 2.45) is 5.10 Å². The number of nitrogens with zero attached hydrogens (tertiary/aromatic N) is 3. The second kappa shape index (κ2) is 9.09. The molecule has 1 N–H and O–H groups in total. The number of ether oxygens (including phenoxy) is 2. The molecule has 0 radical (unpaired) electrons. The fraction of sp³-hybridized carbons (Fsp3) is 0.0500. The summed E-state index contributed by atoms with van der Waals surface area (Å²) in [7, 11) is 1.53. The fourth-order valence-electron chi connectivity index (χ4n) is 2.28. The molecule has 0 bridgehead atoms. The van der Waals surface area contributed by atoms with Gasteiger partial charge in [-0.1, -0.05) is 6.07 Å². The van der Waals surface area contributed by atoms with E-state index >= 15 is 0 Å². The topological polar surface area (TPSA) is 116 Å². The molecule has 0 fully saturated rings. The van der Waals surface area contributed by atoms with Crippen LogP contribution in [0.3, 0.4) is 0 Å². The van der Waals surface area contributed by atoms with Crippen molar-refractivity contribution in [2.75, 3.05) is 7.11 Å². The average Bonchev–Trinajstić information content (AvgIpc) is 2.75. The van der Waals surface area contributed by atoms with Crippen LogP contribution in [0, 0.1) is 10.1 Å². The van der Waals surface area contributed by atoms with Crippen LogP contribution in [0.1, 0.15) is 15.9 Å². The highest BCUT2D eigenvalue weighted by Crippen LogP contribution is 2.21. The lowest BCUT2D eigenvalue weighted by molar-refractivity contribution is -0.385. The van der Waals surface area contributed by atoms with Gasteiger partial charge < -0.3 is 9.47 Å². The maximum Gasteiger partial charge on any atom is 0.287 e. The summed E-state index contributed by atoms with van der Waals surface area (Å²) in [4.78, 5) is 26.1. The SMILES string of the molecule is COc1cccc(C(=O)N/N=C\c2ccc(Oc3ccc([N+](=O)[O-])cn3)cc2)c1. The molecule has 0 unspecified atom stereocenters. The lowest BCUT2D eigenvalue weighted by Gasteiger charge is -2.04. The molecule has 1 heterocycles. The second-order valence-electron chi connectivity index (χ2n) is 5.71. The van der Waals surface area contributed by atoms with Crippen LogP contribution in [-0.4, -0.2) is 29.1 Å². The number of nitro groups is 1. The Morgan fingerprint density at radius 2 is 1.93 bits per heavy atom. The Bertz CT molecular complexity index is 1030. The summed E-state index contributed by atoms with van der Waals surface area (Å²) < 4.78 is 10.6. The van der Waals surface area contributed by atoms with Gasteiger partial charge in [0.05, 0.1) is 18.2 Å². The number of methoxy groups -OCH3 is 1. The van der Waals surface area contributed by atoms with E-state index in [4.69, 9.17) is 9.47 Å². The number of hydrazone groups is 1. The smallest absolute Gasteiger partial charge is 0.287 e. The standard InChI is InChI=1S/C20H16N4O5/c1-28-18-4-2-3-15(11-18)20(25)23-22-12-14-5-8-17(9-6-14)29-19-10-7-16(13-21-19)24(26)27/h2-13H,1H3,(H,23,25)/b22-12-. The molecule has 3 aromatic rings. The van der Waals surface area contributed by atoms with E-state index in [9.17, 15) is 14.9 Å². The number of pyridine rings is 1. The van der Waals surface area contributed by atoms with Crippen molar-refractivity contribution in [3.05, 3.63) is 88.1 Å². The minimum Gasteiger partial charge on any atom is -0.497 e. The van der Waals surface area contributed by atoms with E-state index in [1.807, 2.05) is 0 Å². The molecular weight excluding hydrogens is 376 g/mol. The first-order valence-corrected chi connectivity index (χ1v) is 8.41. The highest BCUT2D eigenvalue weighted by atomic mass is 16.6. The van der Waals surface area contributed by atoms with Crippen LogP contribution in [0.2, 0.25) is 0 Å². The monoisotopic (exact) mass is 392 g/mol. The first kappa shape index (κ1) is 19.5. The van der Waals surface area contributed by atoms with Crippen molar-refractivity contribution in [2.45, 2.75) is 0 Å². The third kappa shape index (κ3) is 5.36. The van der Waals surface area contributed by atoms with Crippen LogP contribution < -0.4 is 14.9 Å².